The van der Waals surface area contributed by atoms with Gasteiger partial charge in [0, 0.05) is 53.2 Å². The molecule has 0 aliphatic heterocycles. The van der Waals surface area contributed by atoms with E-state index in [9.17, 15) is 0 Å². The SMILES string of the molecule is Cc1ccc2c(c1)c(-c1cccnc1)c(CN)n2Cc1cccc(C(C)(C)C)c1. The monoisotopic (exact) mass is 383 g/mol. The van der Waals surface area contributed by atoms with Crippen molar-refractivity contribution in [3.8, 4) is 11.1 Å². The van der Waals surface area contributed by atoms with Crippen molar-refractivity contribution in [3.05, 3.63) is 89.4 Å². The molecular formula is C26H29N3. The van der Waals surface area contributed by atoms with Crippen LogP contribution in [0.1, 0.15) is 43.2 Å². The van der Waals surface area contributed by atoms with Gasteiger partial charge in [0.1, 0.15) is 0 Å². The van der Waals surface area contributed by atoms with Gasteiger partial charge >= 0.3 is 0 Å². The van der Waals surface area contributed by atoms with Crippen molar-refractivity contribution in [2.24, 2.45) is 5.73 Å². The molecule has 29 heavy (non-hydrogen) atoms. The zero-order chi connectivity index (χ0) is 20.6. The molecule has 0 bridgehead atoms. The molecule has 2 N–H and O–H groups in total. The van der Waals surface area contributed by atoms with Crippen molar-refractivity contribution < 1.29 is 0 Å². The number of fused-ring (bicyclic) bond motifs is 1. The second-order valence-electron chi connectivity index (χ2n) is 8.82. The van der Waals surface area contributed by atoms with Crippen molar-refractivity contribution >= 4 is 10.9 Å². The lowest BCUT2D eigenvalue weighted by atomic mass is 9.86. The summed E-state index contributed by atoms with van der Waals surface area (Å²) in [6, 6.07) is 19.7. The predicted molar refractivity (Wildman–Crippen MR) is 122 cm³/mol. The average molecular weight is 384 g/mol. The Bertz CT molecular complexity index is 1150. The Labute approximate surface area is 173 Å². The molecule has 0 unspecified atom stereocenters. The lowest BCUT2D eigenvalue weighted by molar-refractivity contribution is 0.588. The molecule has 2 heterocycles. The van der Waals surface area contributed by atoms with E-state index in [1.807, 2.05) is 18.5 Å². The molecule has 0 fully saturated rings. The summed E-state index contributed by atoms with van der Waals surface area (Å²) < 4.78 is 2.37. The fraction of sp³-hybridized carbons (Fsp3) is 0.269. The van der Waals surface area contributed by atoms with Crippen molar-refractivity contribution in [2.75, 3.05) is 0 Å². The maximum atomic E-state index is 6.30. The van der Waals surface area contributed by atoms with Gasteiger partial charge in [0.15, 0.2) is 0 Å². The zero-order valence-corrected chi connectivity index (χ0v) is 17.7. The molecule has 2 aromatic heterocycles. The van der Waals surface area contributed by atoms with Crippen LogP contribution in [-0.2, 0) is 18.5 Å². The number of aromatic nitrogens is 2. The minimum atomic E-state index is 0.128. The van der Waals surface area contributed by atoms with Crippen LogP contribution in [0.3, 0.4) is 0 Å². The number of aryl methyl sites for hydroxylation is 1. The van der Waals surface area contributed by atoms with Gasteiger partial charge in [-0.15, -0.1) is 0 Å². The first kappa shape index (κ1) is 19.4. The van der Waals surface area contributed by atoms with Crippen LogP contribution in [0.15, 0.2) is 67.0 Å². The molecule has 0 saturated carbocycles. The topological polar surface area (TPSA) is 43.8 Å². The van der Waals surface area contributed by atoms with Crippen LogP contribution >= 0.6 is 0 Å². The fourth-order valence-corrected chi connectivity index (χ4v) is 4.07. The summed E-state index contributed by atoms with van der Waals surface area (Å²) in [6.07, 6.45) is 3.74. The lowest BCUT2D eigenvalue weighted by Crippen LogP contribution is -2.13. The number of hydrogen-bond acceptors (Lipinski definition) is 2. The van der Waals surface area contributed by atoms with Gasteiger partial charge in [0.2, 0.25) is 0 Å². The largest absolute Gasteiger partial charge is 0.338 e. The first-order valence-corrected chi connectivity index (χ1v) is 10.2. The molecule has 148 valence electrons. The summed E-state index contributed by atoms with van der Waals surface area (Å²) in [5, 5.41) is 1.24. The molecule has 0 aliphatic carbocycles. The number of nitrogens with zero attached hydrogens (tertiary/aromatic N) is 2. The Balaban J connectivity index is 1.92. The fourth-order valence-electron chi connectivity index (χ4n) is 4.07. The standard InChI is InChI=1S/C26H29N3/c1-18-10-11-23-22(13-18)25(20-8-6-12-28-16-20)24(15-27)29(23)17-19-7-5-9-21(14-19)26(2,3)4/h5-14,16H,15,17,27H2,1-4H3. The van der Waals surface area contributed by atoms with Gasteiger partial charge in [-0.3, -0.25) is 4.98 Å². The van der Waals surface area contributed by atoms with Crippen LogP contribution in [0.4, 0.5) is 0 Å². The summed E-state index contributed by atoms with van der Waals surface area (Å²) >= 11 is 0. The van der Waals surface area contributed by atoms with E-state index in [4.69, 9.17) is 5.73 Å². The third-order valence-corrected chi connectivity index (χ3v) is 5.60. The Morgan fingerprint density at radius 3 is 2.52 bits per heavy atom. The summed E-state index contributed by atoms with van der Waals surface area (Å²) in [4.78, 5) is 4.35. The molecule has 0 saturated heterocycles. The van der Waals surface area contributed by atoms with Gasteiger partial charge in [0.25, 0.3) is 0 Å². The average Bonchev–Trinajstić information content (AvgIpc) is 3.00. The molecule has 3 heteroatoms. The van der Waals surface area contributed by atoms with E-state index in [2.05, 4.69) is 85.8 Å². The summed E-state index contributed by atoms with van der Waals surface area (Å²) in [6.45, 7) is 10.2. The molecule has 0 amide bonds. The molecule has 0 atom stereocenters. The third kappa shape index (κ3) is 3.70. The van der Waals surface area contributed by atoms with Crippen LogP contribution < -0.4 is 5.73 Å². The Kier molecular flexibility index (Phi) is 5.01. The van der Waals surface area contributed by atoms with E-state index in [0.717, 1.165) is 17.8 Å². The molecule has 4 aromatic rings. The molecule has 0 aliphatic rings. The molecule has 4 rings (SSSR count). The number of hydrogen-bond donors (Lipinski definition) is 1. The van der Waals surface area contributed by atoms with Gasteiger partial charge < -0.3 is 10.3 Å². The highest BCUT2D eigenvalue weighted by Gasteiger charge is 2.19. The van der Waals surface area contributed by atoms with Crippen LogP contribution in [0, 0.1) is 6.92 Å². The second kappa shape index (κ2) is 7.49. The van der Waals surface area contributed by atoms with E-state index in [0.29, 0.717) is 6.54 Å². The Morgan fingerprint density at radius 2 is 1.83 bits per heavy atom. The number of pyridine rings is 1. The van der Waals surface area contributed by atoms with Gasteiger partial charge in [-0.25, -0.2) is 0 Å². The summed E-state index contributed by atoms with van der Waals surface area (Å²) in [5.74, 6) is 0. The second-order valence-corrected chi connectivity index (χ2v) is 8.82. The summed E-state index contributed by atoms with van der Waals surface area (Å²) in [5.41, 5.74) is 15.0. The lowest BCUT2D eigenvalue weighted by Gasteiger charge is -2.20. The van der Waals surface area contributed by atoms with E-state index >= 15 is 0 Å². The van der Waals surface area contributed by atoms with Gasteiger partial charge in [-0.05, 0) is 41.7 Å². The van der Waals surface area contributed by atoms with Crippen molar-refractivity contribution in [1.82, 2.24) is 9.55 Å². The smallest absolute Gasteiger partial charge is 0.0492 e. The number of rotatable bonds is 4. The highest BCUT2D eigenvalue weighted by atomic mass is 15.0. The minimum Gasteiger partial charge on any atom is -0.338 e. The van der Waals surface area contributed by atoms with Crippen LogP contribution in [-0.4, -0.2) is 9.55 Å². The van der Waals surface area contributed by atoms with Crippen LogP contribution in [0.5, 0.6) is 0 Å². The highest BCUT2D eigenvalue weighted by molar-refractivity contribution is 5.98. The molecule has 0 spiro atoms. The van der Waals surface area contributed by atoms with Gasteiger partial charge in [0.05, 0.1) is 0 Å². The number of nitrogens with two attached hydrogens (primary N) is 1. The number of benzene rings is 2. The van der Waals surface area contributed by atoms with Crippen molar-refractivity contribution in [2.45, 2.75) is 46.2 Å². The quantitative estimate of drug-likeness (QED) is 0.483. The first-order chi connectivity index (χ1) is 13.9. The first-order valence-electron chi connectivity index (χ1n) is 10.2. The van der Waals surface area contributed by atoms with Gasteiger partial charge in [-0.2, -0.15) is 0 Å². The van der Waals surface area contributed by atoms with Gasteiger partial charge in [-0.1, -0.05) is 62.7 Å². The van der Waals surface area contributed by atoms with E-state index in [1.165, 1.54) is 33.2 Å². The maximum absolute atomic E-state index is 6.30. The van der Waals surface area contributed by atoms with E-state index in [1.54, 1.807) is 0 Å². The Morgan fingerprint density at radius 1 is 1.00 bits per heavy atom. The van der Waals surface area contributed by atoms with Crippen LogP contribution in [0.25, 0.3) is 22.0 Å². The van der Waals surface area contributed by atoms with Crippen molar-refractivity contribution in [3.63, 3.8) is 0 Å². The van der Waals surface area contributed by atoms with E-state index in [-0.39, 0.29) is 5.41 Å². The zero-order valence-electron chi connectivity index (χ0n) is 17.7. The Hall–Kier alpha value is -2.91. The van der Waals surface area contributed by atoms with E-state index < -0.39 is 0 Å². The molecule has 0 radical (unpaired) electrons. The predicted octanol–water partition coefficient (Wildman–Crippen LogP) is 5.82. The highest BCUT2D eigenvalue weighted by Crippen LogP contribution is 2.36. The van der Waals surface area contributed by atoms with Crippen molar-refractivity contribution in [1.29, 1.82) is 0 Å². The molecular weight excluding hydrogens is 354 g/mol. The summed E-state index contributed by atoms with van der Waals surface area (Å²) in [7, 11) is 0. The normalized spacial score (nSPS) is 11.9. The minimum absolute atomic E-state index is 0.128. The third-order valence-electron chi connectivity index (χ3n) is 5.60. The molecule has 3 nitrogen and oxygen atoms in total. The van der Waals surface area contributed by atoms with Crippen LogP contribution in [0.2, 0.25) is 0 Å². The molecule has 2 aromatic carbocycles. The maximum Gasteiger partial charge on any atom is 0.0492 e.